The van der Waals surface area contributed by atoms with Crippen molar-refractivity contribution >= 4 is 28.9 Å². The lowest BCUT2D eigenvalue weighted by Crippen LogP contribution is -2.19. The molecule has 0 fully saturated rings. The Hall–Kier alpha value is -3.60. The van der Waals surface area contributed by atoms with Gasteiger partial charge < -0.3 is 15.5 Å². The maximum Gasteiger partial charge on any atom is 0.255 e. The summed E-state index contributed by atoms with van der Waals surface area (Å²) in [5.74, 6) is -0.326. The SMILES string of the molecule is CC(=O)Nc1cccc(NC(=O)c2ccc(CN3CCc4ccccc43)cc2)c1. The molecule has 5 nitrogen and oxygen atoms in total. The molecule has 4 rings (SSSR count). The second-order valence-corrected chi connectivity index (χ2v) is 7.21. The fraction of sp³-hybridized carbons (Fsp3) is 0.167. The smallest absolute Gasteiger partial charge is 0.255 e. The van der Waals surface area contributed by atoms with Gasteiger partial charge in [-0.1, -0.05) is 36.4 Å². The van der Waals surface area contributed by atoms with Crippen LogP contribution in [0.4, 0.5) is 17.1 Å². The fourth-order valence-electron chi connectivity index (χ4n) is 3.63. The summed E-state index contributed by atoms with van der Waals surface area (Å²) >= 11 is 0. The highest BCUT2D eigenvalue weighted by atomic mass is 16.2. The zero-order valence-electron chi connectivity index (χ0n) is 16.3. The summed E-state index contributed by atoms with van der Waals surface area (Å²) in [6.07, 6.45) is 1.08. The predicted molar refractivity (Wildman–Crippen MR) is 116 cm³/mol. The van der Waals surface area contributed by atoms with Crippen molar-refractivity contribution in [3.63, 3.8) is 0 Å². The summed E-state index contributed by atoms with van der Waals surface area (Å²) in [4.78, 5) is 26.1. The van der Waals surface area contributed by atoms with Gasteiger partial charge in [-0.05, 0) is 53.9 Å². The number of hydrogen-bond donors (Lipinski definition) is 2. The summed E-state index contributed by atoms with van der Waals surface area (Å²) in [7, 11) is 0. The summed E-state index contributed by atoms with van der Waals surface area (Å²) in [5, 5.41) is 5.59. The maximum absolute atomic E-state index is 12.6. The number of carbonyl (C=O) groups excluding carboxylic acids is 2. The van der Waals surface area contributed by atoms with E-state index in [4.69, 9.17) is 0 Å². The topological polar surface area (TPSA) is 61.4 Å². The first kappa shape index (κ1) is 18.7. The van der Waals surface area contributed by atoms with E-state index >= 15 is 0 Å². The number of nitrogens with one attached hydrogen (secondary N) is 2. The Morgan fingerprint density at radius 1 is 0.897 bits per heavy atom. The van der Waals surface area contributed by atoms with Crippen LogP contribution in [0.5, 0.6) is 0 Å². The van der Waals surface area contributed by atoms with Crippen molar-refractivity contribution in [3.05, 3.63) is 89.5 Å². The number of fused-ring (bicyclic) bond motifs is 1. The second-order valence-electron chi connectivity index (χ2n) is 7.21. The molecule has 29 heavy (non-hydrogen) atoms. The lowest BCUT2D eigenvalue weighted by Gasteiger charge is -2.19. The van der Waals surface area contributed by atoms with Crippen LogP contribution in [0.15, 0.2) is 72.8 Å². The summed E-state index contributed by atoms with van der Waals surface area (Å²) < 4.78 is 0. The average Bonchev–Trinajstić information content (AvgIpc) is 3.11. The number of hydrogen-bond acceptors (Lipinski definition) is 3. The minimum absolute atomic E-state index is 0.148. The molecule has 0 spiro atoms. The highest BCUT2D eigenvalue weighted by Gasteiger charge is 2.18. The minimum atomic E-state index is -0.178. The average molecular weight is 385 g/mol. The number of rotatable bonds is 5. The van der Waals surface area contributed by atoms with Crippen molar-refractivity contribution in [1.82, 2.24) is 0 Å². The normalized spacial score (nSPS) is 12.4. The third-order valence-corrected chi connectivity index (χ3v) is 5.01. The third-order valence-electron chi connectivity index (χ3n) is 5.01. The molecule has 0 bridgehead atoms. The van der Waals surface area contributed by atoms with Crippen LogP contribution in [0, 0.1) is 0 Å². The van der Waals surface area contributed by atoms with Crippen LogP contribution in [-0.2, 0) is 17.8 Å². The van der Waals surface area contributed by atoms with Crippen LogP contribution in [0.25, 0.3) is 0 Å². The van der Waals surface area contributed by atoms with E-state index in [2.05, 4.69) is 39.8 Å². The first-order valence-corrected chi connectivity index (χ1v) is 9.69. The van der Waals surface area contributed by atoms with Crippen molar-refractivity contribution < 1.29 is 9.59 Å². The Bertz CT molecular complexity index is 1040. The molecule has 0 atom stereocenters. The Labute approximate surface area is 170 Å². The molecule has 3 aromatic carbocycles. The molecule has 1 aliphatic rings. The van der Waals surface area contributed by atoms with E-state index in [1.165, 1.54) is 23.7 Å². The first-order valence-electron chi connectivity index (χ1n) is 9.69. The Balaban J connectivity index is 1.40. The molecule has 0 aromatic heterocycles. The molecule has 146 valence electrons. The van der Waals surface area contributed by atoms with E-state index in [1.54, 1.807) is 24.3 Å². The van der Waals surface area contributed by atoms with Crippen LogP contribution < -0.4 is 15.5 Å². The molecule has 0 radical (unpaired) electrons. The van der Waals surface area contributed by atoms with Crippen LogP contribution in [0.3, 0.4) is 0 Å². The van der Waals surface area contributed by atoms with Gasteiger partial charge in [0.25, 0.3) is 5.91 Å². The molecule has 1 aliphatic heterocycles. The van der Waals surface area contributed by atoms with Crippen LogP contribution in [-0.4, -0.2) is 18.4 Å². The van der Waals surface area contributed by atoms with E-state index in [0.717, 1.165) is 19.5 Å². The van der Waals surface area contributed by atoms with Gasteiger partial charge in [0.1, 0.15) is 0 Å². The lowest BCUT2D eigenvalue weighted by molar-refractivity contribution is -0.114. The summed E-state index contributed by atoms with van der Waals surface area (Å²) in [6.45, 7) is 3.30. The molecular formula is C24H23N3O2. The monoisotopic (exact) mass is 385 g/mol. The largest absolute Gasteiger partial charge is 0.367 e. The van der Waals surface area contributed by atoms with Gasteiger partial charge in [-0.2, -0.15) is 0 Å². The Morgan fingerprint density at radius 3 is 2.38 bits per heavy atom. The molecule has 2 amide bonds. The predicted octanol–water partition coefficient (Wildman–Crippen LogP) is 4.46. The fourth-order valence-corrected chi connectivity index (χ4v) is 3.63. The molecular weight excluding hydrogens is 362 g/mol. The van der Waals surface area contributed by atoms with Gasteiger partial charge in [0.2, 0.25) is 5.91 Å². The van der Waals surface area contributed by atoms with Crippen molar-refractivity contribution in [2.24, 2.45) is 0 Å². The van der Waals surface area contributed by atoms with E-state index in [-0.39, 0.29) is 11.8 Å². The van der Waals surface area contributed by atoms with Crippen molar-refractivity contribution in [2.45, 2.75) is 19.9 Å². The van der Waals surface area contributed by atoms with Gasteiger partial charge in [-0.25, -0.2) is 0 Å². The highest BCUT2D eigenvalue weighted by molar-refractivity contribution is 6.04. The van der Waals surface area contributed by atoms with Crippen LogP contribution in [0.1, 0.15) is 28.4 Å². The van der Waals surface area contributed by atoms with Gasteiger partial charge in [0, 0.05) is 42.6 Å². The Kier molecular flexibility index (Phi) is 5.29. The van der Waals surface area contributed by atoms with Gasteiger partial charge >= 0.3 is 0 Å². The highest BCUT2D eigenvalue weighted by Crippen LogP contribution is 2.28. The standard InChI is InChI=1S/C24H23N3O2/c1-17(28)25-21-6-4-7-22(15-21)26-24(29)20-11-9-18(10-12-20)16-27-14-13-19-5-2-3-8-23(19)27/h2-12,15H,13-14,16H2,1H3,(H,25,28)(H,26,29). The number of nitrogens with zero attached hydrogens (tertiary/aromatic N) is 1. The van der Waals surface area contributed by atoms with Gasteiger partial charge in [-0.3, -0.25) is 9.59 Å². The number of para-hydroxylation sites is 1. The summed E-state index contributed by atoms with van der Waals surface area (Å²) in [6, 6.07) is 23.3. The molecule has 0 unspecified atom stereocenters. The molecule has 0 saturated carbocycles. The summed E-state index contributed by atoms with van der Waals surface area (Å²) in [5.41, 5.74) is 5.75. The Morgan fingerprint density at radius 2 is 1.62 bits per heavy atom. The van der Waals surface area contributed by atoms with E-state index in [1.807, 2.05) is 24.3 Å². The molecule has 5 heteroatoms. The number of anilines is 3. The minimum Gasteiger partial charge on any atom is -0.367 e. The first-order chi connectivity index (χ1) is 14.1. The second kappa shape index (κ2) is 8.19. The zero-order valence-corrected chi connectivity index (χ0v) is 16.3. The van der Waals surface area contributed by atoms with Crippen LogP contribution in [0.2, 0.25) is 0 Å². The molecule has 0 saturated heterocycles. The quantitative estimate of drug-likeness (QED) is 0.682. The number of amides is 2. The molecule has 3 aromatic rings. The number of benzene rings is 3. The lowest BCUT2D eigenvalue weighted by atomic mass is 10.1. The van der Waals surface area contributed by atoms with Gasteiger partial charge in [0.15, 0.2) is 0 Å². The zero-order chi connectivity index (χ0) is 20.2. The number of carbonyl (C=O) groups is 2. The third kappa shape index (κ3) is 4.46. The van der Waals surface area contributed by atoms with Crippen LogP contribution >= 0.6 is 0 Å². The van der Waals surface area contributed by atoms with E-state index in [9.17, 15) is 9.59 Å². The van der Waals surface area contributed by atoms with Gasteiger partial charge in [0.05, 0.1) is 0 Å². The molecule has 1 heterocycles. The van der Waals surface area contributed by atoms with E-state index in [0.29, 0.717) is 16.9 Å². The van der Waals surface area contributed by atoms with Crippen molar-refractivity contribution in [1.29, 1.82) is 0 Å². The van der Waals surface area contributed by atoms with E-state index < -0.39 is 0 Å². The van der Waals surface area contributed by atoms with Gasteiger partial charge in [-0.15, -0.1) is 0 Å². The molecule has 0 aliphatic carbocycles. The molecule has 2 N–H and O–H groups in total. The maximum atomic E-state index is 12.6. The van der Waals surface area contributed by atoms with Crippen molar-refractivity contribution in [2.75, 3.05) is 22.1 Å². The van der Waals surface area contributed by atoms with Crippen molar-refractivity contribution in [3.8, 4) is 0 Å².